The number of rotatable bonds is 6. The Labute approximate surface area is 188 Å². The molecule has 33 heavy (non-hydrogen) atoms. The Balaban J connectivity index is 1.34. The van der Waals surface area contributed by atoms with Crippen LogP contribution in [-0.4, -0.2) is 34.5 Å². The molecule has 0 atom stereocenters. The van der Waals surface area contributed by atoms with Crippen molar-refractivity contribution in [2.45, 2.75) is 6.92 Å². The lowest BCUT2D eigenvalue weighted by atomic mass is 10.1. The Morgan fingerprint density at radius 2 is 1.45 bits per heavy atom. The summed E-state index contributed by atoms with van der Waals surface area (Å²) in [5, 5.41) is 5.59. The number of nitrogens with zero attached hydrogens (tertiary/aromatic N) is 1. The smallest absolute Gasteiger partial charge is 0.434 e. The molecule has 0 unspecified atom stereocenters. The molecule has 2 amide bonds. The van der Waals surface area contributed by atoms with Crippen LogP contribution in [0, 0.1) is 0 Å². The molecule has 0 aliphatic heterocycles. The van der Waals surface area contributed by atoms with E-state index in [1.54, 1.807) is 55.7 Å². The Hall–Kier alpha value is -4.66. The first kappa shape index (κ1) is 21.6. The molecule has 1 heterocycles. The highest BCUT2D eigenvalue weighted by Gasteiger charge is 2.10. The summed E-state index contributed by atoms with van der Waals surface area (Å²) < 4.78 is 9.67. The van der Waals surface area contributed by atoms with Crippen molar-refractivity contribution in [3.8, 4) is 5.75 Å². The molecule has 0 fully saturated rings. The van der Waals surface area contributed by atoms with Gasteiger partial charge in [0.15, 0.2) is 0 Å². The average Bonchev–Trinajstić information content (AvgIpc) is 3.29. The van der Waals surface area contributed by atoms with Crippen LogP contribution in [-0.2, 0) is 4.74 Å². The number of amides is 2. The summed E-state index contributed by atoms with van der Waals surface area (Å²) in [5.74, 6) is -0.312. The van der Waals surface area contributed by atoms with Crippen molar-refractivity contribution in [1.29, 1.82) is 0 Å². The number of nitrogens with one attached hydrogen (secondary N) is 3. The van der Waals surface area contributed by atoms with Crippen LogP contribution < -0.4 is 15.4 Å². The van der Waals surface area contributed by atoms with Gasteiger partial charge >= 0.3 is 6.16 Å². The number of imidazole rings is 1. The van der Waals surface area contributed by atoms with Gasteiger partial charge < -0.3 is 25.1 Å². The van der Waals surface area contributed by atoms with Gasteiger partial charge in [0, 0.05) is 22.5 Å². The Bertz CT molecular complexity index is 1300. The van der Waals surface area contributed by atoms with Gasteiger partial charge in [-0.25, -0.2) is 9.78 Å². The van der Waals surface area contributed by atoms with Crippen molar-refractivity contribution in [1.82, 2.24) is 9.97 Å². The van der Waals surface area contributed by atoms with Gasteiger partial charge in [0.2, 0.25) is 0 Å². The summed E-state index contributed by atoms with van der Waals surface area (Å²) in [4.78, 5) is 43.4. The SMILES string of the molecule is CCOC(=O)Oc1ccc(C(=O)Nc2ccc(NC(=O)c3ccc4nc[nH]c4c3)cc2)cc1. The van der Waals surface area contributed by atoms with E-state index in [0.717, 1.165) is 11.0 Å². The van der Waals surface area contributed by atoms with E-state index in [1.807, 2.05) is 0 Å². The standard InChI is InChI=1S/C24H20N4O5/c1-2-32-24(31)33-19-10-3-15(4-11-19)22(29)27-17-6-8-18(9-7-17)28-23(30)16-5-12-20-21(13-16)26-14-25-20/h3-14H,2H2,1H3,(H,25,26)(H,27,29)(H,28,30). The second-order valence-corrected chi connectivity index (χ2v) is 6.93. The Morgan fingerprint density at radius 1 is 0.848 bits per heavy atom. The predicted octanol–water partition coefficient (Wildman–Crippen LogP) is 4.60. The summed E-state index contributed by atoms with van der Waals surface area (Å²) in [6.07, 6.45) is 0.772. The molecule has 4 aromatic rings. The van der Waals surface area contributed by atoms with E-state index in [-0.39, 0.29) is 24.2 Å². The zero-order valence-electron chi connectivity index (χ0n) is 17.6. The van der Waals surface area contributed by atoms with Crippen molar-refractivity contribution in [3.05, 3.63) is 84.2 Å². The van der Waals surface area contributed by atoms with Gasteiger partial charge in [-0.1, -0.05) is 0 Å². The fourth-order valence-electron chi connectivity index (χ4n) is 3.04. The number of ether oxygens (including phenoxy) is 2. The summed E-state index contributed by atoms with van der Waals surface area (Å²) in [6, 6.07) is 18.0. The lowest BCUT2D eigenvalue weighted by molar-refractivity contribution is 0.101. The van der Waals surface area contributed by atoms with Gasteiger partial charge in [0.05, 0.1) is 24.0 Å². The molecule has 0 spiro atoms. The average molecular weight is 444 g/mol. The maximum absolute atomic E-state index is 12.5. The van der Waals surface area contributed by atoms with E-state index < -0.39 is 6.16 Å². The summed E-state index contributed by atoms with van der Waals surface area (Å²) in [7, 11) is 0. The third-order valence-electron chi connectivity index (χ3n) is 4.66. The molecule has 4 rings (SSSR count). The Kier molecular flexibility index (Phi) is 6.31. The monoisotopic (exact) mass is 444 g/mol. The summed E-state index contributed by atoms with van der Waals surface area (Å²) in [5.41, 5.74) is 3.60. The van der Waals surface area contributed by atoms with E-state index in [0.29, 0.717) is 22.5 Å². The van der Waals surface area contributed by atoms with Crippen molar-refractivity contribution in [2.24, 2.45) is 0 Å². The number of carbonyl (C=O) groups is 3. The van der Waals surface area contributed by atoms with Crippen LogP contribution >= 0.6 is 0 Å². The predicted molar refractivity (Wildman–Crippen MR) is 123 cm³/mol. The van der Waals surface area contributed by atoms with Crippen LogP contribution in [0.3, 0.4) is 0 Å². The van der Waals surface area contributed by atoms with Gasteiger partial charge in [-0.3, -0.25) is 9.59 Å². The van der Waals surface area contributed by atoms with E-state index in [2.05, 4.69) is 20.6 Å². The number of carbonyl (C=O) groups excluding carboxylic acids is 3. The highest BCUT2D eigenvalue weighted by atomic mass is 16.7. The number of hydrogen-bond donors (Lipinski definition) is 3. The zero-order valence-corrected chi connectivity index (χ0v) is 17.6. The number of fused-ring (bicyclic) bond motifs is 1. The fraction of sp³-hybridized carbons (Fsp3) is 0.0833. The van der Waals surface area contributed by atoms with E-state index in [1.165, 1.54) is 24.3 Å². The molecule has 0 aliphatic rings. The first-order valence-corrected chi connectivity index (χ1v) is 10.1. The molecular weight excluding hydrogens is 424 g/mol. The lowest BCUT2D eigenvalue weighted by Crippen LogP contribution is -2.13. The zero-order chi connectivity index (χ0) is 23.2. The largest absolute Gasteiger partial charge is 0.513 e. The normalized spacial score (nSPS) is 10.5. The van der Waals surface area contributed by atoms with Gasteiger partial charge in [0.1, 0.15) is 5.75 Å². The molecule has 166 valence electrons. The first-order chi connectivity index (χ1) is 16.0. The third-order valence-corrected chi connectivity index (χ3v) is 4.66. The van der Waals surface area contributed by atoms with Crippen LogP contribution in [0.15, 0.2) is 73.1 Å². The third kappa shape index (κ3) is 5.34. The second kappa shape index (κ2) is 9.65. The lowest BCUT2D eigenvalue weighted by Gasteiger charge is -2.09. The molecule has 0 saturated heterocycles. The van der Waals surface area contributed by atoms with Crippen LogP contribution in [0.4, 0.5) is 16.2 Å². The number of anilines is 2. The number of hydrogen-bond acceptors (Lipinski definition) is 6. The molecule has 0 saturated carbocycles. The minimum absolute atomic E-state index is 0.211. The molecule has 0 radical (unpaired) electrons. The van der Waals surface area contributed by atoms with Crippen LogP contribution in [0.2, 0.25) is 0 Å². The van der Waals surface area contributed by atoms with Crippen molar-refractivity contribution in [3.63, 3.8) is 0 Å². The van der Waals surface area contributed by atoms with Gasteiger partial charge in [0.25, 0.3) is 11.8 Å². The topological polar surface area (TPSA) is 122 Å². The highest BCUT2D eigenvalue weighted by Crippen LogP contribution is 2.18. The minimum Gasteiger partial charge on any atom is -0.434 e. The maximum Gasteiger partial charge on any atom is 0.513 e. The maximum atomic E-state index is 12.5. The van der Waals surface area contributed by atoms with Gasteiger partial charge in [-0.05, 0) is 73.7 Å². The first-order valence-electron chi connectivity index (χ1n) is 10.1. The van der Waals surface area contributed by atoms with Crippen LogP contribution in [0.5, 0.6) is 5.75 Å². The van der Waals surface area contributed by atoms with E-state index >= 15 is 0 Å². The van der Waals surface area contributed by atoms with Crippen molar-refractivity contribution in [2.75, 3.05) is 17.2 Å². The molecule has 3 N–H and O–H groups in total. The molecule has 0 bridgehead atoms. The van der Waals surface area contributed by atoms with E-state index in [4.69, 9.17) is 9.47 Å². The second-order valence-electron chi connectivity index (χ2n) is 6.93. The highest BCUT2D eigenvalue weighted by molar-refractivity contribution is 6.06. The molecular formula is C24H20N4O5. The number of benzene rings is 3. The summed E-state index contributed by atoms with van der Waals surface area (Å²) in [6.45, 7) is 1.89. The molecule has 0 aliphatic carbocycles. The quantitative estimate of drug-likeness (QED) is 0.295. The van der Waals surface area contributed by atoms with Gasteiger partial charge in [-0.2, -0.15) is 0 Å². The molecule has 3 aromatic carbocycles. The van der Waals surface area contributed by atoms with Crippen LogP contribution in [0.25, 0.3) is 11.0 Å². The van der Waals surface area contributed by atoms with Gasteiger partial charge in [-0.15, -0.1) is 0 Å². The van der Waals surface area contributed by atoms with Crippen molar-refractivity contribution < 1.29 is 23.9 Å². The summed E-state index contributed by atoms with van der Waals surface area (Å²) >= 11 is 0. The number of aromatic amines is 1. The number of aromatic nitrogens is 2. The molecule has 9 heteroatoms. The molecule has 1 aromatic heterocycles. The van der Waals surface area contributed by atoms with Crippen LogP contribution in [0.1, 0.15) is 27.6 Å². The van der Waals surface area contributed by atoms with E-state index in [9.17, 15) is 14.4 Å². The fourth-order valence-corrected chi connectivity index (χ4v) is 3.04. The number of H-pyrrole nitrogens is 1. The van der Waals surface area contributed by atoms with Crippen molar-refractivity contribution >= 4 is 40.4 Å². The minimum atomic E-state index is -0.802. The Morgan fingerprint density at radius 3 is 2.09 bits per heavy atom. The molecule has 9 nitrogen and oxygen atoms in total.